The average Bonchev–Trinajstić information content (AvgIpc) is 3.00. The standard InChI is InChI=1S/C36H63N5O7S/c1-13-16-25(14-2)21-37-32(44)26(15-3)38-31(43)24(8)20-29(42)28(19-22(4)5)40-33(45)27(17-18-49-12)39-34(46)30(23(6)7)41-35(47)48-36(9,10)11/h13-14,16,22-24,26-30,42H,1-2,15,17-21H2,3-12H3,(H,37,44)(H,38,43)(H,39,46)(H,40,45)(H,41,47)/b25-16+/t24-,26+,27+,28+,29+,30+/m1/s1. The third-order valence-electron chi connectivity index (χ3n) is 7.53. The SMILES string of the molecule is C=C/C=C(\C=C)CNC(=O)[C@H](CC)NC(=O)[C@H](C)C[C@H](O)[C@H](CC(C)C)NC(=O)[C@H](CCSC)NC(=O)[C@@H](NC(=O)OC(C)(C)C)C(C)C. The highest BCUT2D eigenvalue weighted by atomic mass is 32.2. The molecule has 0 aromatic rings. The Bertz CT molecular complexity index is 1140. The van der Waals surface area contributed by atoms with Crippen molar-refractivity contribution in [1.29, 1.82) is 0 Å². The first-order valence-corrected chi connectivity index (χ1v) is 18.5. The number of nitrogens with one attached hydrogen (secondary N) is 5. The zero-order valence-corrected chi connectivity index (χ0v) is 32.1. The first-order chi connectivity index (χ1) is 22.8. The maximum absolute atomic E-state index is 13.6. The van der Waals surface area contributed by atoms with E-state index in [9.17, 15) is 29.1 Å². The van der Waals surface area contributed by atoms with E-state index in [1.165, 1.54) is 11.8 Å². The zero-order valence-electron chi connectivity index (χ0n) is 31.3. The van der Waals surface area contributed by atoms with Crippen LogP contribution in [-0.4, -0.2) is 89.3 Å². The van der Waals surface area contributed by atoms with E-state index in [-0.39, 0.29) is 30.7 Å². The third kappa shape index (κ3) is 18.9. The molecule has 12 nitrogen and oxygen atoms in total. The van der Waals surface area contributed by atoms with Crippen molar-refractivity contribution in [3.63, 3.8) is 0 Å². The van der Waals surface area contributed by atoms with Crippen LogP contribution in [-0.2, 0) is 23.9 Å². The Morgan fingerprint density at radius 3 is 1.96 bits per heavy atom. The minimum atomic E-state index is -1.09. The van der Waals surface area contributed by atoms with Crippen molar-refractivity contribution >= 4 is 41.5 Å². The summed E-state index contributed by atoms with van der Waals surface area (Å²) in [4.78, 5) is 65.3. The smallest absolute Gasteiger partial charge is 0.408 e. The van der Waals surface area contributed by atoms with Gasteiger partial charge in [0.15, 0.2) is 0 Å². The molecule has 6 N–H and O–H groups in total. The molecule has 0 spiro atoms. The Labute approximate surface area is 298 Å². The number of aliphatic hydroxyl groups excluding tert-OH is 1. The summed E-state index contributed by atoms with van der Waals surface area (Å²) in [6, 6.07) is -3.36. The van der Waals surface area contributed by atoms with Crippen LogP contribution in [0, 0.1) is 17.8 Å². The summed E-state index contributed by atoms with van der Waals surface area (Å²) in [5.41, 5.74) is 0.0186. The van der Waals surface area contributed by atoms with Gasteiger partial charge in [-0.15, -0.1) is 0 Å². The van der Waals surface area contributed by atoms with E-state index < -0.39 is 65.6 Å². The number of ether oxygens (including phenoxy) is 1. The number of rotatable bonds is 22. The van der Waals surface area contributed by atoms with Crippen LogP contribution >= 0.6 is 11.8 Å². The van der Waals surface area contributed by atoms with Gasteiger partial charge < -0.3 is 36.4 Å². The molecule has 0 saturated heterocycles. The van der Waals surface area contributed by atoms with Gasteiger partial charge in [0.25, 0.3) is 0 Å². The van der Waals surface area contributed by atoms with Gasteiger partial charge >= 0.3 is 6.09 Å². The summed E-state index contributed by atoms with van der Waals surface area (Å²) in [6.07, 6.45) is 6.13. The number of allylic oxidation sites excluding steroid dienone is 2. The van der Waals surface area contributed by atoms with Crippen molar-refractivity contribution in [2.24, 2.45) is 17.8 Å². The van der Waals surface area contributed by atoms with Crippen LogP contribution in [0.2, 0.25) is 0 Å². The highest BCUT2D eigenvalue weighted by Crippen LogP contribution is 2.17. The molecule has 0 aliphatic rings. The molecule has 0 heterocycles. The van der Waals surface area contributed by atoms with Crippen LogP contribution in [0.25, 0.3) is 0 Å². The lowest BCUT2D eigenvalue weighted by atomic mass is 9.92. The van der Waals surface area contributed by atoms with E-state index in [2.05, 4.69) is 39.7 Å². The number of hydrogen-bond acceptors (Lipinski definition) is 8. The molecule has 0 aliphatic carbocycles. The lowest BCUT2D eigenvalue weighted by molar-refractivity contribution is -0.132. The number of carbonyl (C=O) groups excluding carboxylic acids is 5. The molecule has 0 fully saturated rings. The normalized spacial score (nSPS) is 15.6. The lowest BCUT2D eigenvalue weighted by Gasteiger charge is -2.30. The van der Waals surface area contributed by atoms with Crippen molar-refractivity contribution in [1.82, 2.24) is 26.6 Å². The fourth-order valence-electron chi connectivity index (χ4n) is 4.80. The number of thioether (sulfide) groups is 1. The molecule has 0 saturated carbocycles. The number of carbonyl (C=O) groups is 5. The number of alkyl carbamates (subject to hydrolysis) is 1. The largest absolute Gasteiger partial charge is 0.444 e. The summed E-state index contributed by atoms with van der Waals surface area (Å²) in [5, 5.41) is 25.2. The van der Waals surface area contributed by atoms with Gasteiger partial charge in [-0.2, -0.15) is 11.8 Å². The number of amides is 5. The summed E-state index contributed by atoms with van der Waals surface area (Å²) in [7, 11) is 0. The van der Waals surface area contributed by atoms with Gasteiger partial charge in [-0.3, -0.25) is 19.2 Å². The van der Waals surface area contributed by atoms with Crippen molar-refractivity contribution in [3.05, 3.63) is 37.0 Å². The molecular weight excluding hydrogens is 646 g/mol. The Kier molecular flexibility index (Phi) is 21.6. The Balaban J connectivity index is 5.71. The quantitative estimate of drug-likeness (QED) is 0.0915. The average molecular weight is 710 g/mol. The minimum Gasteiger partial charge on any atom is -0.444 e. The molecule has 0 unspecified atom stereocenters. The highest BCUT2D eigenvalue weighted by molar-refractivity contribution is 7.98. The van der Waals surface area contributed by atoms with Crippen molar-refractivity contribution < 1.29 is 33.8 Å². The van der Waals surface area contributed by atoms with E-state index in [0.29, 0.717) is 25.0 Å². The Hall–Kier alpha value is -3.32. The van der Waals surface area contributed by atoms with Gasteiger partial charge in [0.2, 0.25) is 23.6 Å². The van der Waals surface area contributed by atoms with Crippen LogP contribution < -0.4 is 26.6 Å². The van der Waals surface area contributed by atoms with E-state index in [4.69, 9.17) is 4.74 Å². The molecule has 0 rings (SSSR count). The maximum Gasteiger partial charge on any atom is 0.408 e. The van der Waals surface area contributed by atoms with E-state index >= 15 is 0 Å². The molecule has 280 valence electrons. The van der Waals surface area contributed by atoms with Crippen molar-refractivity contribution in [2.75, 3.05) is 18.6 Å². The van der Waals surface area contributed by atoms with E-state index in [0.717, 1.165) is 5.57 Å². The third-order valence-corrected chi connectivity index (χ3v) is 8.17. The van der Waals surface area contributed by atoms with Crippen LogP contribution in [0.15, 0.2) is 37.0 Å². The second-order valence-corrected chi connectivity index (χ2v) is 15.0. The van der Waals surface area contributed by atoms with Gasteiger partial charge in [0.05, 0.1) is 12.1 Å². The fraction of sp³-hybridized carbons (Fsp3) is 0.694. The molecule has 0 radical (unpaired) electrons. The minimum absolute atomic E-state index is 0.0291. The fourth-order valence-corrected chi connectivity index (χ4v) is 5.27. The molecule has 0 aromatic heterocycles. The molecule has 0 bridgehead atoms. The molecule has 13 heteroatoms. The number of hydrogen-bond donors (Lipinski definition) is 6. The summed E-state index contributed by atoms with van der Waals surface area (Å²) in [6.45, 7) is 23.7. The second-order valence-electron chi connectivity index (χ2n) is 14.0. The maximum atomic E-state index is 13.6. The van der Waals surface area contributed by atoms with Crippen molar-refractivity contribution in [3.8, 4) is 0 Å². The highest BCUT2D eigenvalue weighted by Gasteiger charge is 2.33. The first kappa shape index (κ1) is 45.7. The van der Waals surface area contributed by atoms with E-state index in [1.54, 1.807) is 66.7 Å². The molecular formula is C36H63N5O7S. The van der Waals surface area contributed by atoms with Gasteiger partial charge in [0.1, 0.15) is 23.7 Å². The van der Waals surface area contributed by atoms with Crippen molar-refractivity contribution in [2.45, 2.75) is 124 Å². The second kappa shape index (κ2) is 23.2. The zero-order chi connectivity index (χ0) is 37.9. The van der Waals surface area contributed by atoms with Gasteiger partial charge in [-0.25, -0.2) is 4.79 Å². The first-order valence-electron chi connectivity index (χ1n) is 17.1. The van der Waals surface area contributed by atoms with Gasteiger partial charge in [0, 0.05) is 12.5 Å². The monoisotopic (exact) mass is 709 g/mol. The van der Waals surface area contributed by atoms with Crippen LogP contribution in [0.4, 0.5) is 4.79 Å². The Morgan fingerprint density at radius 2 is 1.47 bits per heavy atom. The van der Waals surface area contributed by atoms with Crippen LogP contribution in [0.1, 0.15) is 88.0 Å². The molecule has 49 heavy (non-hydrogen) atoms. The van der Waals surface area contributed by atoms with Crippen LogP contribution in [0.5, 0.6) is 0 Å². The predicted octanol–water partition coefficient (Wildman–Crippen LogP) is 4.00. The summed E-state index contributed by atoms with van der Waals surface area (Å²) < 4.78 is 5.32. The molecule has 0 aliphatic heterocycles. The number of aliphatic hydroxyl groups is 1. The Morgan fingerprint density at radius 1 is 0.857 bits per heavy atom. The van der Waals surface area contributed by atoms with Crippen LogP contribution in [0.3, 0.4) is 0 Å². The molecule has 6 atom stereocenters. The van der Waals surface area contributed by atoms with Gasteiger partial charge in [-0.05, 0) is 75.9 Å². The molecule has 5 amide bonds. The lowest BCUT2D eigenvalue weighted by Crippen LogP contribution is -2.58. The molecule has 0 aromatic carbocycles. The summed E-state index contributed by atoms with van der Waals surface area (Å²) >= 11 is 1.52. The topological polar surface area (TPSA) is 175 Å². The predicted molar refractivity (Wildman–Crippen MR) is 198 cm³/mol. The van der Waals surface area contributed by atoms with E-state index in [1.807, 2.05) is 20.1 Å². The van der Waals surface area contributed by atoms with Gasteiger partial charge in [-0.1, -0.05) is 72.9 Å². The summed E-state index contributed by atoms with van der Waals surface area (Å²) in [5.74, 6) is -2.05.